The molecule has 1 heterocycles. The predicted octanol–water partition coefficient (Wildman–Crippen LogP) is 1.78. The second kappa shape index (κ2) is 7.90. The number of aryl methyl sites for hydroxylation is 2. The summed E-state index contributed by atoms with van der Waals surface area (Å²) in [5, 5.41) is 13.5. The van der Waals surface area contributed by atoms with Crippen molar-refractivity contribution >= 4 is 11.9 Å². The van der Waals surface area contributed by atoms with Crippen molar-refractivity contribution in [1.29, 1.82) is 0 Å². The van der Waals surface area contributed by atoms with Crippen molar-refractivity contribution in [2.75, 3.05) is 20.8 Å². The van der Waals surface area contributed by atoms with Crippen LogP contribution in [-0.2, 0) is 18.4 Å². The highest BCUT2D eigenvalue weighted by atomic mass is 16.5. The number of carboxylic acids is 1. The molecule has 1 aromatic heterocycles. The second-order valence-corrected chi connectivity index (χ2v) is 5.95. The Kier molecular flexibility index (Phi) is 5.86. The normalized spacial score (nSPS) is 10.5. The Bertz CT molecular complexity index is 806. The standard InChI is InChI=1S/C18H23N3O5/c1-11-17(12(2)20(3)19-11)18(24)21(10-16(22)23)9-13-6-14(25-4)8-15(7-13)26-5/h6-8H,9-10H2,1-5H3,(H,22,23). The number of rotatable bonds is 7. The molecule has 0 aliphatic carbocycles. The lowest BCUT2D eigenvalue weighted by Gasteiger charge is -2.22. The van der Waals surface area contributed by atoms with Gasteiger partial charge < -0.3 is 19.5 Å². The van der Waals surface area contributed by atoms with Crippen LogP contribution < -0.4 is 9.47 Å². The zero-order valence-electron chi connectivity index (χ0n) is 15.6. The highest BCUT2D eigenvalue weighted by molar-refractivity contribution is 5.97. The maximum absolute atomic E-state index is 13.0. The van der Waals surface area contributed by atoms with Crippen molar-refractivity contribution in [2.24, 2.45) is 7.05 Å². The average Bonchev–Trinajstić information content (AvgIpc) is 2.85. The van der Waals surface area contributed by atoms with Gasteiger partial charge in [-0.15, -0.1) is 0 Å². The van der Waals surface area contributed by atoms with Gasteiger partial charge in [0.25, 0.3) is 5.91 Å². The molecule has 0 atom stereocenters. The van der Waals surface area contributed by atoms with E-state index < -0.39 is 12.5 Å². The summed E-state index contributed by atoms with van der Waals surface area (Å²) in [5.41, 5.74) is 2.37. The summed E-state index contributed by atoms with van der Waals surface area (Å²) >= 11 is 0. The SMILES string of the molecule is COc1cc(CN(CC(=O)O)C(=O)c2c(C)nn(C)c2C)cc(OC)c1. The van der Waals surface area contributed by atoms with E-state index in [1.807, 2.05) is 0 Å². The Hall–Kier alpha value is -3.03. The van der Waals surface area contributed by atoms with Gasteiger partial charge in [-0.3, -0.25) is 14.3 Å². The van der Waals surface area contributed by atoms with Crippen LogP contribution in [0.4, 0.5) is 0 Å². The molecule has 2 rings (SSSR count). The smallest absolute Gasteiger partial charge is 0.323 e. The van der Waals surface area contributed by atoms with Gasteiger partial charge >= 0.3 is 5.97 Å². The molecule has 0 saturated carbocycles. The number of methoxy groups -OCH3 is 2. The Labute approximate surface area is 151 Å². The van der Waals surface area contributed by atoms with E-state index in [1.165, 1.54) is 19.1 Å². The number of aromatic nitrogens is 2. The molecule has 2 aromatic rings. The van der Waals surface area contributed by atoms with Gasteiger partial charge in [-0.1, -0.05) is 0 Å². The highest BCUT2D eigenvalue weighted by Gasteiger charge is 2.25. The van der Waals surface area contributed by atoms with Gasteiger partial charge in [0.05, 0.1) is 25.5 Å². The lowest BCUT2D eigenvalue weighted by Crippen LogP contribution is -2.35. The molecule has 1 N–H and O–H groups in total. The first-order valence-electron chi connectivity index (χ1n) is 8.00. The van der Waals surface area contributed by atoms with E-state index in [0.717, 1.165) is 0 Å². The molecule has 140 valence electrons. The summed E-state index contributed by atoms with van der Waals surface area (Å²) in [5.74, 6) is -0.337. The van der Waals surface area contributed by atoms with Crippen molar-refractivity contribution in [2.45, 2.75) is 20.4 Å². The third kappa shape index (κ3) is 4.14. The van der Waals surface area contributed by atoms with Crippen LogP contribution in [0.25, 0.3) is 0 Å². The molecule has 0 radical (unpaired) electrons. The average molecular weight is 361 g/mol. The van der Waals surface area contributed by atoms with E-state index in [9.17, 15) is 14.7 Å². The lowest BCUT2D eigenvalue weighted by molar-refractivity contribution is -0.137. The van der Waals surface area contributed by atoms with Gasteiger partial charge in [0.15, 0.2) is 0 Å². The first kappa shape index (κ1) is 19.3. The van der Waals surface area contributed by atoms with Gasteiger partial charge in [0.2, 0.25) is 0 Å². The summed E-state index contributed by atoms with van der Waals surface area (Å²) in [7, 11) is 4.80. The fourth-order valence-corrected chi connectivity index (χ4v) is 2.78. The van der Waals surface area contributed by atoms with Gasteiger partial charge in [0, 0.05) is 25.4 Å². The van der Waals surface area contributed by atoms with E-state index in [1.54, 1.807) is 43.8 Å². The molecule has 8 heteroatoms. The molecule has 0 bridgehead atoms. The third-order valence-electron chi connectivity index (χ3n) is 4.12. The number of carboxylic acid groups (broad SMARTS) is 1. The zero-order valence-corrected chi connectivity index (χ0v) is 15.6. The topological polar surface area (TPSA) is 93.9 Å². The molecule has 0 saturated heterocycles. The number of amides is 1. The highest BCUT2D eigenvalue weighted by Crippen LogP contribution is 2.24. The van der Waals surface area contributed by atoms with Gasteiger partial charge in [-0.2, -0.15) is 5.10 Å². The van der Waals surface area contributed by atoms with E-state index in [0.29, 0.717) is 34.0 Å². The molecule has 26 heavy (non-hydrogen) atoms. The van der Waals surface area contributed by atoms with Crippen LogP contribution in [0, 0.1) is 13.8 Å². The minimum Gasteiger partial charge on any atom is -0.497 e. The van der Waals surface area contributed by atoms with Crippen LogP contribution in [0.15, 0.2) is 18.2 Å². The van der Waals surface area contributed by atoms with Gasteiger partial charge in [-0.25, -0.2) is 0 Å². The van der Waals surface area contributed by atoms with E-state index in [-0.39, 0.29) is 12.5 Å². The summed E-state index contributed by atoms with van der Waals surface area (Å²) in [4.78, 5) is 25.6. The van der Waals surface area contributed by atoms with Crippen LogP contribution in [0.2, 0.25) is 0 Å². The van der Waals surface area contributed by atoms with Crippen molar-refractivity contribution in [3.05, 3.63) is 40.7 Å². The Morgan fingerprint density at radius 3 is 2.15 bits per heavy atom. The number of ether oxygens (including phenoxy) is 2. The Morgan fingerprint density at radius 2 is 1.73 bits per heavy atom. The van der Waals surface area contributed by atoms with Crippen LogP contribution in [0.3, 0.4) is 0 Å². The predicted molar refractivity (Wildman–Crippen MR) is 94.6 cm³/mol. The molecular formula is C18H23N3O5. The quantitative estimate of drug-likeness (QED) is 0.808. The van der Waals surface area contributed by atoms with Crippen molar-refractivity contribution < 1.29 is 24.2 Å². The van der Waals surface area contributed by atoms with Crippen LogP contribution in [0.1, 0.15) is 27.3 Å². The fourth-order valence-electron chi connectivity index (χ4n) is 2.78. The molecule has 0 spiro atoms. The maximum atomic E-state index is 13.0. The first-order valence-corrected chi connectivity index (χ1v) is 8.00. The Morgan fingerprint density at radius 1 is 1.15 bits per heavy atom. The monoisotopic (exact) mass is 361 g/mol. The number of aliphatic carboxylic acids is 1. The molecule has 0 fully saturated rings. The van der Waals surface area contributed by atoms with Crippen molar-refractivity contribution in [1.82, 2.24) is 14.7 Å². The van der Waals surface area contributed by atoms with Crippen molar-refractivity contribution in [3.8, 4) is 11.5 Å². The van der Waals surface area contributed by atoms with E-state index >= 15 is 0 Å². The molecule has 8 nitrogen and oxygen atoms in total. The largest absolute Gasteiger partial charge is 0.497 e. The van der Waals surface area contributed by atoms with Gasteiger partial charge in [-0.05, 0) is 31.5 Å². The number of carbonyl (C=O) groups is 2. The Balaban J connectivity index is 2.39. The molecule has 1 aromatic carbocycles. The lowest BCUT2D eigenvalue weighted by atomic mass is 10.1. The van der Waals surface area contributed by atoms with Gasteiger partial charge in [0.1, 0.15) is 18.0 Å². The number of benzene rings is 1. The number of carbonyl (C=O) groups excluding carboxylic acids is 1. The molecule has 1 amide bonds. The molecular weight excluding hydrogens is 338 g/mol. The van der Waals surface area contributed by atoms with E-state index in [2.05, 4.69) is 5.10 Å². The summed E-state index contributed by atoms with van der Waals surface area (Å²) in [6.45, 7) is 3.19. The minimum atomic E-state index is -1.09. The number of nitrogens with zero attached hydrogens (tertiary/aromatic N) is 3. The molecule has 0 unspecified atom stereocenters. The first-order chi connectivity index (χ1) is 12.3. The molecule has 0 aliphatic heterocycles. The summed E-state index contributed by atoms with van der Waals surface area (Å²) in [6.07, 6.45) is 0. The van der Waals surface area contributed by atoms with Crippen molar-refractivity contribution in [3.63, 3.8) is 0 Å². The number of hydrogen-bond acceptors (Lipinski definition) is 5. The van der Waals surface area contributed by atoms with Crippen LogP contribution in [0.5, 0.6) is 11.5 Å². The second-order valence-electron chi connectivity index (χ2n) is 5.95. The van der Waals surface area contributed by atoms with E-state index in [4.69, 9.17) is 9.47 Å². The zero-order chi connectivity index (χ0) is 19.4. The summed E-state index contributed by atoms with van der Waals surface area (Å²) < 4.78 is 12.1. The van der Waals surface area contributed by atoms with Crippen LogP contribution in [-0.4, -0.2) is 52.4 Å². The fraction of sp³-hybridized carbons (Fsp3) is 0.389. The minimum absolute atomic E-state index is 0.104. The maximum Gasteiger partial charge on any atom is 0.323 e. The third-order valence-corrected chi connectivity index (χ3v) is 4.12. The number of hydrogen-bond donors (Lipinski definition) is 1. The molecule has 0 aliphatic rings. The van der Waals surface area contributed by atoms with Crippen LogP contribution >= 0.6 is 0 Å². The summed E-state index contributed by atoms with van der Waals surface area (Å²) in [6, 6.07) is 5.20.